The minimum absolute atomic E-state index is 0.160. The second-order valence-corrected chi connectivity index (χ2v) is 25.7. The van der Waals surface area contributed by atoms with Crippen LogP contribution in [0.15, 0.2) is 268 Å². The van der Waals surface area contributed by atoms with E-state index in [4.69, 9.17) is 0 Å². The molecule has 0 heterocycles. The van der Waals surface area contributed by atoms with Crippen LogP contribution in [0, 0.1) is 0 Å². The summed E-state index contributed by atoms with van der Waals surface area (Å²) < 4.78 is 3.02. The third-order valence-electron chi connectivity index (χ3n) is 19.4. The van der Waals surface area contributed by atoms with E-state index in [1.165, 1.54) is 134 Å². The molecule has 12 aromatic rings. The molecule has 4 heteroatoms. The SMILES string of the molecule is Brc1cc(-c2cccc3c2C2c4ccccc4C3c3ccccc32)ccc1N(c1ccc(-c2cccc3c2C2c4ccccc4C3c3ccccc32)cc1Br)c1ccc(-c2cccc3c2C2c4ccccc4C3c3ccccc32)cc1Br. The number of nitrogens with zero attached hydrogens (tertiary/aromatic N) is 1. The number of benzene rings is 12. The molecule has 6 bridgehead atoms. The fourth-order valence-corrected chi connectivity index (χ4v) is 18.0. The van der Waals surface area contributed by atoms with Gasteiger partial charge in [0.1, 0.15) is 0 Å². The first-order valence-electron chi connectivity index (χ1n) is 28.6. The van der Waals surface area contributed by atoms with Crippen LogP contribution >= 0.6 is 47.8 Å². The number of hydrogen-bond donors (Lipinski definition) is 0. The number of hydrogen-bond acceptors (Lipinski definition) is 1. The zero-order chi connectivity index (χ0) is 54.1. The maximum atomic E-state index is 4.28. The van der Waals surface area contributed by atoms with Crippen LogP contribution in [0.3, 0.4) is 0 Å². The molecule has 386 valence electrons. The van der Waals surface area contributed by atoms with Crippen molar-refractivity contribution in [2.45, 2.75) is 35.5 Å². The van der Waals surface area contributed by atoms with Gasteiger partial charge in [0, 0.05) is 48.9 Å². The molecule has 0 unspecified atom stereocenters. The van der Waals surface area contributed by atoms with Crippen molar-refractivity contribution in [2.75, 3.05) is 4.90 Å². The van der Waals surface area contributed by atoms with E-state index in [0.29, 0.717) is 0 Å². The summed E-state index contributed by atoms with van der Waals surface area (Å²) in [6.07, 6.45) is 0. The molecule has 9 aliphatic rings. The Morgan fingerprint density at radius 1 is 0.207 bits per heavy atom. The molecular weight excluding hydrogens is 1190 g/mol. The van der Waals surface area contributed by atoms with Gasteiger partial charge in [0.05, 0.1) is 17.1 Å². The maximum Gasteiger partial charge on any atom is 0.0605 e. The molecule has 0 aromatic heterocycles. The lowest BCUT2D eigenvalue weighted by Gasteiger charge is -2.43. The molecule has 0 fully saturated rings. The summed E-state index contributed by atoms with van der Waals surface area (Å²) in [6, 6.07) is 96.7. The number of rotatable bonds is 6. The first-order valence-corrected chi connectivity index (χ1v) is 31.0. The molecule has 9 aliphatic carbocycles. The van der Waals surface area contributed by atoms with Crippen LogP contribution in [0.25, 0.3) is 33.4 Å². The molecule has 1 nitrogen and oxygen atoms in total. The third-order valence-corrected chi connectivity index (χ3v) is 21.3. The Hall–Kier alpha value is -8.12. The van der Waals surface area contributed by atoms with Crippen molar-refractivity contribution in [3.8, 4) is 33.4 Å². The molecule has 0 saturated carbocycles. The maximum absolute atomic E-state index is 4.28. The van der Waals surface area contributed by atoms with Crippen LogP contribution in [0.1, 0.15) is 136 Å². The average Bonchev–Trinajstić information content (AvgIpc) is 1.74. The van der Waals surface area contributed by atoms with Crippen molar-refractivity contribution in [3.63, 3.8) is 0 Å². The average molecular weight is 1240 g/mol. The minimum atomic E-state index is 0.160. The summed E-state index contributed by atoms with van der Waals surface area (Å²) in [5.41, 5.74) is 36.2. The Labute approximate surface area is 503 Å². The van der Waals surface area contributed by atoms with Gasteiger partial charge in [-0.25, -0.2) is 0 Å². The Bertz CT molecular complexity index is 4140. The Morgan fingerprint density at radius 2 is 0.415 bits per heavy atom. The van der Waals surface area contributed by atoms with E-state index >= 15 is 0 Å². The van der Waals surface area contributed by atoms with Crippen molar-refractivity contribution >= 4 is 64.9 Å². The summed E-state index contributed by atoms with van der Waals surface area (Å²) in [6.45, 7) is 0. The van der Waals surface area contributed by atoms with Gasteiger partial charge in [-0.3, -0.25) is 0 Å². The highest BCUT2D eigenvalue weighted by Gasteiger charge is 2.45. The van der Waals surface area contributed by atoms with E-state index < -0.39 is 0 Å². The molecular formula is C78H48Br3N. The largest absolute Gasteiger partial charge is 0.307 e. The van der Waals surface area contributed by atoms with E-state index in [0.717, 1.165) is 30.5 Å². The van der Waals surface area contributed by atoms with Gasteiger partial charge in [0.25, 0.3) is 0 Å². The van der Waals surface area contributed by atoms with Crippen LogP contribution < -0.4 is 4.90 Å². The Morgan fingerprint density at radius 3 is 0.634 bits per heavy atom. The Balaban J connectivity index is 0.784. The van der Waals surface area contributed by atoms with E-state index in [9.17, 15) is 0 Å². The second-order valence-electron chi connectivity index (χ2n) is 23.1. The predicted molar refractivity (Wildman–Crippen MR) is 345 cm³/mol. The van der Waals surface area contributed by atoms with Gasteiger partial charge in [0.2, 0.25) is 0 Å². The summed E-state index contributed by atoms with van der Waals surface area (Å²) in [4.78, 5) is 2.42. The fourth-order valence-electron chi connectivity index (χ4n) is 16.3. The van der Waals surface area contributed by atoms with Gasteiger partial charge in [-0.05, 0) is 218 Å². The van der Waals surface area contributed by atoms with E-state index in [2.05, 4.69) is 307 Å². The molecule has 0 radical (unpaired) electrons. The molecule has 21 rings (SSSR count). The second kappa shape index (κ2) is 17.9. The molecule has 0 atom stereocenters. The summed E-state index contributed by atoms with van der Waals surface area (Å²) in [5, 5.41) is 0. The topological polar surface area (TPSA) is 3.24 Å². The highest BCUT2D eigenvalue weighted by Crippen LogP contribution is 2.62. The molecule has 0 saturated heterocycles. The number of anilines is 3. The predicted octanol–water partition coefficient (Wildman–Crippen LogP) is 21.4. The van der Waals surface area contributed by atoms with Crippen LogP contribution in [0.2, 0.25) is 0 Å². The van der Waals surface area contributed by atoms with Crippen LogP contribution in [-0.4, -0.2) is 0 Å². The van der Waals surface area contributed by atoms with Gasteiger partial charge in [-0.2, -0.15) is 0 Å². The van der Waals surface area contributed by atoms with Gasteiger partial charge in [-0.15, -0.1) is 0 Å². The first-order chi connectivity index (χ1) is 40.5. The zero-order valence-electron chi connectivity index (χ0n) is 44.3. The van der Waals surface area contributed by atoms with Gasteiger partial charge in [0.15, 0.2) is 0 Å². The van der Waals surface area contributed by atoms with Crippen LogP contribution in [-0.2, 0) is 0 Å². The highest BCUT2D eigenvalue weighted by atomic mass is 79.9. The monoisotopic (exact) mass is 1240 g/mol. The molecule has 0 amide bonds. The highest BCUT2D eigenvalue weighted by molar-refractivity contribution is 9.11. The van der Waals surface area contributed by atoms with Crippen LogP contribution in [0.4, 0.5) is 17.1 Å². The van der Waals surface area contributed by atoms with Crippen molar-refractivity contribution in [2.24, 2.45) is 0 Å². The third kappa shape index (κ3) is 6.55. The lowest BCUT2D eigenvalue weighted by Crippen LogP contribution is -2.28. The summed E-state index contributed by atoms with van der Waals surface area (Å²) in [5.74, 6) is 1.10. The molecule has 82 heavy (non-hydrogen) atoms. The van der Waals surface area contributed by atoms with Gasteiger partial charge in [-0.1, -0.05) is 218 Å². The van der Waals surface area contributed by atoms with E-state index in [-0.39, 0.29) is 35.5 Å². The molecule has 0 spiro atoms. The lowest BCUT2D eigenvalue weighted by molar-refractivity contribution is 0.756. The Kier molecular flexibility index (Phi) is 10.4. The molecule has 0 N–H and O–H groups in total. The normalized spacial score (nSPS) is 18.9. The van der Waals surface area contributed by atoms with Crippen molar-refractivity contribution in [3.05, 3.63) is 368 Å². The smallest absolute Gasteiger partial charge is 0.0605 e. The molecule has 12 aromatic carbocycles. The minimum Gasteiger partial charge on any atom is -0.307 e. The quantitative estimate of drug-likeness (QED) is 0.160. The van der Waals surface area contributed by atoms with Crippen LogP contribution in [0.5, 0.6) is 0 Å². The van der Waals surface area contributed by atoms with E-state index in [1.807, 2.05) is 0 Å². The van der Waals surface area contributed by atoms with E-state index in [1.54, 1.807) is 0 Å². The summed E-state index contributed by atoms with van der Waals surface area (Å²) >= 11 is 12.8. The van der Waals surface area contributed by atoms with Gasteiger partial charge < -0.3 is 4.90 Å². The summed E-state index contributed by atoms with van der Waals surface area (Å²) in [7, 11) is 0. The lowest BCUT2D eigenvalue weighted by atomic mass is 9.60. The van der Waals surface area contributed by atoms with Crippen molar-refractivity contribution in [1.82, 2.24) is 0 Å². The standard InChI is InChI=1S/C78H48Br3N/c79-64-40-43(46-28-13-31-61-70-49-16-1-7-22-55(49)76(73(46)61)56-23-8-2-17-50(56)70)34-37-67(64)82(68-38-35-44(41-65(68)80)47-29-14-32-62-71-51-18-3-9-24-57(51)77(74(47)62)58-25-10-4-19-52(58)71)69-39-36-45(42-66(69)81)48-30-15-33-63-72-53-20-5-11-26-59(53)78(75(48)63)60-27-12-6-21-54(60)72/h1-42,70-72,76-78H. The zero-order valence-corrected chi connectivity index (χ0v) is 49.1. The first kappa shape index (κ1) is 47.5. The van der Waals surface area contributed by atoms with Crippen molar-refractivity contribution < 1.29 is 0 Å². The fraction of sp³-hybridized carbons (Fsp3) is 0.0769. The molecule has 0 aliphatic heterocycles. The van der Waals surface area contributed by atoms with Crippen molar-refractivity contribution in [1.29, 1.82) is 0 Å². The van der Waals surface area contributed by atoms with Gasteiger partial charge >= 0.3 is 0 Å². The number of halogens is 3.